The van der Waals surface area contributed by atoms with E-state index >= 15 is 0 Å². The van der Waals surface area contributed by atoms with Gasteiger partial charge in [-0.1, -0.05) is 6.92 Å². The molecule has 0 saturated carbocycles. The Morgan fingerprint density at radius 2 is 2.19 bits per heavy atom. The molecule has 0 unspecified atom stereocenters. The molecular weight excluding hydrogens is 200 g/mol. The van der Waals surface area contributed by atoms with E-state index in [1.807, 2.05) is 18.3 Å². The van der Waals surface area contributed by atoms with Crippen molar-refractivity contribution in [2.75, 3.05) is 11.9 Å². The van der Waals surface area contributed by atoms with Crippen LogP contribution in [0.1, 0.15) is 19.7 Å². The van der Waals surface area contributed by atoms with Crippen molar-refractivity contribution in [3.8, 4) is 11.3 Å². The van der Waals surface area contributed by atoms with Crippen LogP contribution in [0.15, 0.2) is 24.5 Å². The minimum Gasteiger partial charge on any atom is -0.370 e. The minimum atomic E-state index is 0.875. The molecule has 0 aliphatic heterocycles. The molecule has 4 heteroatoms. The second-order valence-corrected chi connectivity index (χ2v) is 3.56. The number of nitrogens with zero attached hydrogens (tertiary/aromatic N) is 2. The maximum atomic E-state index is 4.29. The number of H-pyrrole nitrogens is 1. The molecule has 0 amide bonds. The van der Waals surface area contributed by atoms with Crippen LogP contribution in [0.5, 0.6) is 0 Å². The Morgan fingerprint density at radius 1 is 1.31 bits per heavy atom. The van der Waals surface area contributed by atoms with Crippen molar-refractivity contribution < 1.29 is 0 Å². The zero-order valence-corrected chi connectivity index (χ0v) is 9.62. The van der Waals surface area contributed by atoms with Gasteiger partial charge in [0, 0.05) is 24.7 Å². The van der Waals surface area contributed by atoms with Crippen LogP contribution >= 0.6 is 0 Å². The summed E-state index contributed by atoms with van der Waals surface area (Å²) in [5.74, 6) is 1.91. The van der Waals surface area contributed by atoms with Gasteiger partial charge in [0.1, 0.15) is 11.6 Å². The fourth-order valence-electron chi connectivity index (χ4n) is 1.56. The summed E-state index contributed by atoms with van der Waals surface area (Å²) in [5, 5.41) is 3.19. The van der Waals surface area contributed by atoms with E-state index < -0.39 is 0 Å². The van der Waals surface area contributed by atoms with Crippen LogP contribution in [-0.4, -0.2) is 21.5 Å². The van der Waals surface area contributed by atoms with E-state index in [1.165, 1.54) is 0 Å². The van der Waals surface area contributed by atoms with E-state index in [-0.39, 0.29) is 0 Å². The zero-order chi connectivity index (χ0) is 11.4. The molecule has 84 valence electrons. The lowest BCUT2D eigenvalue weighted by Gasteiger charge is -2.03. The van der Waals surface area contributed by atoms with Crippen LogP contribution in [-0.2, 0) is 6.42 Å². The van der Waals surface area contributed by atoms with Crippen LogP contribution in [0.3, 0.4) is 0 Å². The molecule has 0 atom stereocenters. The van der Waals surface area contributed by atoms with Crippen molar-refractivity contribution in [3.63, 3.8) is 0 Å². The van der Waals surface area contributed by atoms with E-state index in [0.29, 0.717) is 0 Å². The van der Waals surface area contributed by atoms with Gasteiger partial charge in [0.15, 0.2) is 0 Å². The molecule has 0 spiro atoms. The van der Waals surface area contributed by atoms with E-state index in [4.69, 9.17) is 0 Å². The van der Waals surface area contributed by atoms with Gasteiger partial charge in [0.25, 0.3) is 0 Å². The number of rotatable bonds is 4. The lowest BCUT2D eigenvalue weighted by atomic mass is 10.2. The molecule has 0 fully saturated rings. The van der Waals surface area contributed by atoms with Crippen LogP contribution < -0.4 is 5.32 Å². The second-order valence-electron chi connectivity index (χ2n) is 3.56. The van der Waals surface area contributed by atoms with Gasteiger partial charge in [-0.2, -0.15) is 0 Å². The lowest BCUT2D eigenvalue weighted by molar-refractivity contribution is 0.990. The molecule has 0 aliphatic rings. The third kappa shape index (κ3) is 2.21. The second kappa shape index (κ2) is 4.79. The quantitative estimate of drug-likeness (QED) is 0.825. The SMILES string of the molecule is CCNc1cc(-c2cnc(CC)[nH]2)ccn1. The molecule has 0 aromatic carbocycles. The van der Waals surface area contributed by atoms with E-state index in [1.54, 1.807) is 6.20 Å². The van der Waals surface area contributed by atoms with Crippen molar-refractivity contribution >= 4 is 5.82 Å². The molecule has 0 aliphatic carbocycles. The fraction of sp³-hybridized carbons (Fsp3) is 0.333. The average Bonchev–Trinajstić information content (AvgIpc) is 2.78. The Balaban J connectivity index is 2.28. The molecule has 16 heavy (non-hydrogen) atoms. The predicted octanol–water partition coefficient (Wildman–Crippen LogP) is 2.47. The van der Waals surface area contributed by atoms with Crippen LogP contribution in [0, 0.1) is 0 Å². The molecular formula is C12H16N4. The first kappa shape index (κ1) is 10.7. The first-order chi connectivity index (χ1) is 7.83. The van der Waals surface area contributed by atoms with Crippen molar-refractivity contribution in [2.45, 2.75) is 20.3 Å². The number of aryl methyl sites for hydroxylation is 1. The molecule has 2 aromatic rings. The van der Waals surface area contributed by atoms with Crippen LogP contribution in [0.4, 0.5) is 5.82 Å². The van der Waals surface area contributed by atoms with Crippen molar-refractivity contribution in [1.82, 2.24) is 15.0 Å². The molecule has 2 N–H and O–H groups in total. The molecule has 0 radical (unpaired) electrons. The number of aromatic amines is 1. The molecule has 0 saturated heterocycles. The monoisotopic (exact) mass is 216 g/mol. The van der Waals surface area contributed by atoms with Gasteiger partial charge in [-0.15, -0.1) is 0 Å². The van der Waals surface area contributed by atoms with Gasteiger partial charge >= 0.3 is 0 Å². The van der Waals surface area contributed by atoms with E-state index in [2.05, 4.69) is 34.1 Å². The molecule has 2 aromatic heterocycles. The molecule has 2 heterocycles. The number of hydrogen-bond acceptors (Lipinski definition) is 3. The number of hydrogen-bond donors (Lipinski definition) is 2. The highest BCUT2D eigenvalue weighted by molar-refractivity contribution is 5.62. The van der Waals surface area contributed by atoms with Gasteiger partial charge in [-0.25, -0.2) is 9.97 Å². The standard InChI is InChI=1S/C12H16N4/c1-3-11-15-8-10(16-11)9-5-6-14-12(7-9)13-4-2/h5-8H,3-4H2,1-2H3,(H,13,14)(H,15,16). The molecule has 2 rings (SSSR count). The van der Waals surface area contributed by atoms with Gasteiger partial charge in [0.05, 0.1) is 11.9 Å². The summed E-state index contributed by atoms with van der Waals surface area (Å²) >= 11 is 0. The van der Waals surface area contributed by atoms with Crippen LogP contribution in [0.2, 0.25) is 0 Å². The van der Waals surface area contributed by atoms with E-state index in [0.717, 1.165) is 35.9 Å². The fourth-order valence-corrected chi connectivity index (χ4v) is 1.56. The first-order valence-corrected chi connectivity index (χ1v) is 5.57. The Morgan fingerprint density at radius 3 is 2.88 bits per heavy atom. The maximum Gasteiger partial charge on any atom is 0.126 e. The van der Waals surface area contributed by atoms with Gasteiger partial charge in [0.2, 0.25) is 0 Å². The van der Waals surface area contributed by atoms with Crippen LogP contribution in [0.25, 0.3) is 11.3 Å². The zero-order valence-electron chi connectivity index (χ0n) is 9.62. The minimum absolute atomic E-state index is 0.875. The van der Waals surface area contributed by atoms with Crippen molar-refractivity contribution in [2.24, 2.45) is 0 Å². The summed E-state index contributed by atoms with van der Waals surface area (Å²) in [4.78, 5) is 11.8. The molecule has 0 bridgehead atoms. The summed E-state index contributed by atoms with van der Waals surface area (Å²) in [7, 11) is 0. The Bertz CT molecular complexity index is 462. The normalized spacial score (nSPS) is 10.4. The number of anilines is 1. The summed E-state index contributed by atoms with van der Waals surface area (Å²) in [5.41, 5.74) is 2.15. The Hall–Kier alpha value is -1.84. The van der Waals surface area contributed by atoms with Gasteiger partial charge < -0.3 is 10.3 Å². The number of pyridine rings is 1. The average molecular weight is 216 g/mol. The highest BCUT2D eigenvalue weighted by Crippen LogP contribution is 2.19. The number of imidazole rings is 1. The largest absolute Gasteiger partial charge is 0.370 e. The summed E-state index contributed by atoms with van der Waals surface area (Å²) in [6.07, 6.45) is 4.59. The van der Waals surface area contributed by atoms with Gasteiger partial charge in [-0.05, 0) is 19.1 Å². The number of nitrogens with one attached hydrogen (secondary N) is 2. The lowest BCUT2D eigenvalue weighted by Crippen LogP contribution is -1.98. The summed E-state index contributed by atoms with van der Waals surface area (Å²) < 4.78 is 0. The Kier molecular flexibility index (Phi) is 3.19. The highest BCUT2D eigenvalue weighted by atomic mass is 15.0. The first-order valence-electron chi connectivity index (χ1n) is 5.57. The third-order valence-corrected chi connectivity index (χ3v) is 2.39. The Labute approximate surface area is 95.1 Å². The maximum absolute atomic E-state index is 4.29. The smallest absolute Gasteiger partial charge is 0.126 e. The van der Waals surface area contributed by atoms with Crippen molar-refractivity contribution in [3.05, 3.63) is 30.4 Å². The predicted molar refractivity (Wildman–Crippen MR) is 65.4 cm³/mol. The number of aromatic nitrogens is 3. The van der Waals surface area contributed by atoms with Crippen molar-refractivity contribution in [1.29, 1.82) is 0 Å². The van der Waals surface area contributed by atoms with E-state index in [9.17, 15) is 0 Å². The summed E-state index contributed by atoms with van der Waals surface area (Å²) in [6, 6.07) is 4.00. The molecule has 4 nitrogen and oxygen atoms in total. The highest BCUT2D eigenvalue weighted by Gasteiger charge is 2.03. The third-order valence-electron chi connectivity index (χ3n) is 2.39. The van der Waals surface area contributed by atoms with Gasteiger partial charge in [-0.3, -0.25) is 0 Å². The topological polar surface area (TPSA) is 53.6 Å². The summed E-state index contributed by atoms with van der Waals surface area (Å²) in [6.45, 7) is 5.01.